The Labute approximate surface area is 185 Å². The number of nitrogens with zero attached hydrogens (tertiary/aromatic N) is 1. The fourth-order valence-electron chi connectivity index (χ4n) is 3.94. The smallest absolute Gasteiger partial charge is 0.293 e. The highest BCUT2D eigenvalue weighted by Gasteiger charge is 2.27. The number of thiophene rings is 1. The molecule has 2 aromatic heterocycles. The Hall–Kier alpha value is -2.18. The van der Waals surface area contributed by atoms with Crippen LogP contribution in [0.15, 0.2) is 46.4 Å². The summed E-state index contributed by atoms with van der Waals surface area (Å²) in [6.45, 7) is 8.48. The zero-order valence-electron chi connectivity index (χ0n) is 17.5. The number of H-pyrrole nitrogens is 1. The van der Waals surface area contributed by atoms with Gasteiger partial charge in [0.1, 0.15) is 11.9 Å². The van der Waals surface area contributed by atoms with Crippen molar-refractivity contribution in [3.8, 4) is 0 Å². The minimum atomic E-state index is 0.0356. The quantitative estimate of drug-likeness (QED) is 0.228. The zero-order valence-corrected chi connectivity index (χ0v) is 19.2. The Morgan fingerprint density at radius 2 is 1.97 bits per heavy atom. The van der Waals surface area contributed by atoms with Crippen LogP contribution in [0, 0.1) is 0 Å². The number of rotatable bonds is 7. The van der Waals surface area contributed by atoms with Crippen LogP contribution in [0.1, 0.15) is 53.1 Å². The number of allylic oxidation sites excluding steroid dienone is 1. The number of hydrogen-bond donors (Lipinski definition) is 0. The topological polar surface area (TPSA) is 53.2 Å². The maximum absolute atomic E-state index is 13.4. The van der Waals surface area contributed by atoms with Gasteiger partial charge in [-0.2, -0.15) is 4.57 Å². The number of carbonyl (C=O) groups is 1. The largest absolute Gasteiger partial charge is 0.347 e. The molecule has 3 aromatic rings. The molecule has 4 rings (SSSR count). The molecule has 0 aliphatic heterocycles. The molecule has 0 saturated carbocycles. The number of thioether (sulfide) groups is 1. The molecule has 30 heavy (non-hydrogen) atoms. The Morgan fingerprint density at radius 3 is 2.67 bits per heavy atom. The molecule has 1 N–H and O–H groups in total. The molecule has 0 bridgehead atoms. The standard InChI is InChI=1S/C24H26N2O2S2/c1-4-16-9-11-17(12-10-16)19(27)14-29-24-25-22-21(23(28)26(24)13-15(2)3)18-7-5-6-8-20(18)30-22/h9-12H,2,4-8,13-14H2,1,3H3/p+1. The SMILES string of the molecule is C=C(C)Cn1c(SCC(=O)c2ccc(CC)cc2)[nH+]c2sc3c(c2c1=O)CCCC3. The minimum absolute atomic E-state index is 0.0356. The second-order valence-corrected chi connectivity index (χ2v) is 10.0. The molecule has 4 nitrogen and oxygen atoms in total. The predicted molar refractivity (Wildman–Crippen MR) is 125 cm³/mol. The van der Waals surface area contributed by atoms with Crippen molar-refractivity contribution in [3.63, 3.8) is 0 Å². The van der Waals surface area contributed by atoms with Gasteiger partial charge in [0.2, 0.25) is 0 Å². The first-order valence-electron chi connectivity index (χ1n) is 10.5. The lowest BCUT2D eigenvalue weighted by atomic mass is 9.97. The number of carbonyl (C=O) groups excluding carboxylic acids is 1. The first-order valence-corrected chi connectivity index (χ1v) is 12.3. The van der Waals surface area contributed by atoms with Crippen molar-refractivity contribution in [1.29, 1.82) is 0 Å². The summed E-state index contributed by atoms with van der Waals surface area (Å²) in [6.07, 6.45) is 5.31. The van der Waals surface area contributed by atoms with Crippen molar-refractivity contribution in [2.24, 2.45) is 0 Å². The monoisotopic (exact) mass is 439 g/mol. The summed E-state index contributed by atoms with van der Waals surface area (Å²) in [5.74, 6) is 0.352. The zero-order chi connectivity index (χ0) is 21.3. The van der Waals surface area contributed by atoms with E-state index in [4.69, 9.17) is 0 Å². The molecule has 0 radical (unpaired) electrons. The van der Waals surface area contributed by atoms with Crippen molar-refractivity contribution in [1.82, 2.24) is 4.57 Å². The van der Waals surface area contributed by atoms with E-state index >= 15 is 0 Å². The van der Waals surface area contributed by atoms with Gasteiger partial charge >= 0.3 is 10.7 Å². The maximum Gasteiger partial charge on any atom is 0.347 e. The number of hydrogen-bond acceptors (Lipinski definition) is 4. The number of ketones is 1. The fraction of sp³-hybridized carbons (Fsp3) is 0.375. The van der Waals surface area contributed by atoms with Crippen LogP contribution >= 0.6 is 23.1 Å². The molecule has 0 amide bonds. The van der Waals surface area contributed by atoms with E-state index in [9.17, 15) is 9.59 Å². The summed E-state index contributed by atoms with van der Waals surface area (Å²) in [6, 6.07) is 7.79. The third kappa shape index (κ3) is 4.16. The van der Waals surface area contributed by atoms with E-state index in [1.54, 1.807) is 15.9 Å². The lowest BCUT2D eigenvalue weighted by Gasteiger charge is -2.10. The van der Waals surface area contributed by atoms with Gasteiger partial charge in [0.05, 0.1) is 5.75 Å². The summed E-state index contributed by atoms with van der Waals surface area (Å²) in [7, 11) is 0. The van der Waals surface area contributed by atoms with E-state index in [-0.39, 0.29) is 17.1 Å². The number of Topliss-reactive ketones (excluding diaryl/α,β-unsaturated/α-hetero) is 1. The second-order valence-electron chi connectivity index (χ2n) is 7.96. The molecule has 156 valence electrons. The highest BCUT2D eigenvalue weighted by Crippen LogP contribution is 2.33. The van der Waals surface area contributed by atoms with Gasteiger partial charge < -0.3 is 0 Å². The van der Waals surface area contributed by atoms with Gasteiger partial charge in [-0.3, -0.25) is 4.79 Å². The molecule has 0 unspecified atom stereocenters. The van der Waals surface area contributed by atoms with Gasteiger partial charge in [-0.25, -0.2) is 9.78 Å². The van der Waals surface area contributed by atoms with E-state index in [2.05, 4.69) is 18.5 Å². The number of nitrogens with one attached hydrogen (secondary N) is 1. The van der Waals surface area contributed by atoms with Crippen LogP contribution in [0.25, 0.3) is 10.2 Å². The van der Waals surface area contributed by atoms with Crippen LogP contribution in [-0.4, -0.2) is 16.1 Å². The van der Waals surface area contributed by atoms with Crippen LogP contribution in [0.4, 0.5) is 0 Å². The summed E-state index contributed by atoms with van der Waals surface area (Å²) in [4.78, 5) is 31.9. The fourth-order valence-corrected chi connectivity index (χ4v) is 6.20. The average Bonchev–Trinajstić information content (AvgIpc) is 3.12. The van der Waals surface area contributed by atoms with Gasteiger partial charge in [-0.05, 0) is 67.5 Å². The summed E-state index contributed by atoms with van der Waals surface area (Å²) >= 11 is 3.10. The second kappa shape index (κ2) is 8.90. The van der Waals surface area contributed by atoms with Gasteiger partial charge in [0.25, 0.3) is 0 Å². The molecule has 6 heteroatoms. The van der Waals surface area contributed by atoms with Gasteiger partial charge in [-0.1, -0.05) is 49.1 Å². The van der Waals surface area contributed by atoms with Crippen molar-refractivity contribution < 1.29 is 9.78 Å². The number of aromatic amines is 1. The molecule has 0 atom stereocenters. The van der Waals surface area contributed by atoms with Crippen molar-refractivity contribution in [3.05, 3.63) is 68.3 Å². The molecule has 1 aliphatic carbocycles. The van der Waals surface area contributed by atoms with Gasteiger partial charge in [0.15, 0.2) is 10.6 Å². The number of fused-ring (bicyclic) bond motifs is 3. The molecule has 1 aliphatic rings. The number of benzene rings is 1. The lowest BCUT2D eigenvalue weighted by Crippen LogP contribution is -2.30. The Kier molecular flexibility index (Phi) is 6.25. The van der Waals surface area contributed by atoms with E-state index < -0.39 is 0 Å². The normalized spacial score (nSPS) is 13.4. The summed E-state index contributed by atoms with van der Waals surface area (Å²) in [5, 5.41) is 1.56. The minimum Gasteiger partial charge on any atom is -0.293 e. The lowest BCUT2D eigenvalue weighted by molar-refractivity contribution is -0.404. The van der Waals surface area contributed by atoms with E-state index in [1.165, 1.54) is 34.2 Å². The molecule has 2 heterocycles. The highest BCUT2D eigenvalue weighted by molar-refractivity contribution is 7.99. The Morgan fingerprint density at radius 1 is 1.23 bits per heavy atom. The summed E-state index contributed by atoms with van der Waals surface area (Å²) in [5.41, 5.74) is 4.10. The third-order valence-electron chi connectivity index (χ3n) is 5.55. The Balaban J connectivity index is 1.67. The van der Waals surface area contributed by atoms with Crippen LogP contribution < -0.4 is 10.5 Å². The summed E-state index contributed by atoms with van der Waals surface area (Å²) < 4.78 is 1.75. The third-order valence-corrected chi connectivity index (χ3v) is 7.76. The van der Waals surface area contributed by atoms with E-state index in [0.717, 1.165) is 46.6 Å². The average molecular weight is 440 g/mol. The van der Waals surface area contributed by atoms with Crippen LogP contribution in [0.3, 0.4) is 0 Å². The first kappa shape index (κ1) is 21.1. The highest BCUT2D eigenvalue weighted by atomic mass is 32.2. The van der Waals surface area contributed by atoms with E-state index in [0.29, 0.717) is 12.1 Å². The van der Waals surface area contributed by atoms with Gasteiger partial charge in [0, 0.05) is 10.4 Å². The molecule has 1 aromatic carbocycles. The molecule has 0 saturated heterocycles. The maximum atomic E-state index is 13.4. The van der Waals surface area contributed by atoms with Crippen molar-refractivity contribution in [2.45, 2.75) is 57.7 Å². The van der Waals surface area contributed by atoms with Crippen molar-refractivity contribution in [2.75, 3.05) is 5.75 Å². The number of aromatic nitrogens is 2. The van der Waals surface area contributed by atoms with Crippen LogP contribution in [0.2, 0.25) is 0 Å². The molecular formula is C24H27N2O2S2+. The Bertz CT molecular complexity index is 1170. The van der Waals surface area contributed by atoms with E-state index in [1.807, 2.05) is 31.2 Å². The molecule has 0 spiro atoms. The van der Waals surface area contributed by atoms with Crippen LogP contribution in [0.5, 0.6) is 0 Å². The van der Waals surface area contributed by atoms with Gasteiger partial charge in [-0.15, -0.1) is 0 Å². The number of aryl methyl sites for hydroxylation is 3. The molecule has 0 fully saturated rings. The molecular weight excluding hydrogens is 412 g/mol. The first-order chi connectivity index (χ1) is 14.5. The van der Waals surface area contributed by atoms with Crippen molar-refractivity contribution >= 4 is 39.1 Å². The van der Waals surface area contributed by atoms with Crippen LogP contribution in [-0.2, 0) is 25.8 Å². The predicted octanol–water partition coefficient (Wildman–Crippen LogP) is 4.87.